The molecule has 3 radical (unpaired) electrons. The molecule has 331 valence electrons. The highest BCUT2D eigenvalue weighted by Gasteiger charge is 2.28. The standard InChI is InChI=1S/C40H77O8P.C2H6.3CH4.B/c1-6-9-11-13-15-17-19-20-21-22-24-26-28-30-32-34-39(41)48-38(36-47-49(43,44-5)46-8-3)35-45-40(42)37(4)33-31-29-27-25-23-18-16-14-12-10-7-2;1-2;;;;/h20-21,37-38H,6-19,22-36H2,1-5H3;1-2H3;3*1H4;/b21-20-;;;;;. The Morgan fingerprint density at radius 3 is 1.45 bits per heavy atom. The van der Waals surface area contributed by atoms with Crippen LogP contribution in [-0.4, -0.2) is 53.4 Å². The van der Waals surface area contributed by atoms with Crippen molar-refractivity contribution in [2.24, 2.45) is 5.92 Å². The van der Waals surface area contributed by atoms with Gasteiger partial charge in [0.05, 0.1) is 19.1 Å². The Morgan fingerprint density at radius 1 is 0.600 bits per heavy atom. The van der Waals surface area contributed by atoms with Crippen molar-refractivity contribution in [1.82, 2.24) is 0 Å². The third-order valence-electron chi connectivity index (χ3n) is 8.92. The van der Waals surface area contributed by atoms with Gasteiger partial charge in [0.15, 0.2) is 6.10 Å². The molecule has 0 heterocycles. The number of allylic oxidation sites excluding steroid dienone is 2. The molecule has 10 heteroatoms. The van der Waals surface area contributed by atoms with Crippen molar-refractivity contribution < 1.29 is 37.2 Å². The summed E-state index contributed by atoms with van der Waals surface area (Å²) in [5.41, 5.74) is 0. The number of phosphoric acid groups is 1. The maximum absolute atomic E-state index is 12.7. The molecule has 0 aliphatic rings. The van der Waals surface area contributed by atoms with Crippen LogP contribution < -0.4 is 0 Å². The highest BCUT2D eigenvalue weighted by atomic mass is 31.2. The summed E-state index contributed by atoms with van der Waals surface area (Å²) < 4.78 is 39.2. The van der Waals surface area contributed by atoms with Gasteiger partial charge in [-0.15, -0.1) is 0 Å². The molecular formula is C45H95BO8P. The first-order chi connectivity index (χ1) is 24.8. The maximum atomic E-state index is 12.7. The smallest absolute Gasteiger partial charge is 0.461 e. The lowest BCUT2D eigenvalue weighted by molar-refractivity contribution is -0.163. The fourth-order valence-electron chi connectivity index (χ4n) is 5.73. The van der Waals surface area contributed by atoms with Gasteiger partial charge in [-0.25, -0.2) is 4.57 Å². The molecule has 55 heavy (non-hydrogen) atoms. The van der Waals surface area contributed by atoms with Crippen LogP contribution in [0.5, 0.6) is 0 Å². The molecule has 0 bridgehead atoms. The van der Waals surface area contributed by atoms with Crippen LogP contribution in [0.2, 0.25) is 0 Å². The third-order valence-corrected chi connectivity index (χ3v) is 10.4. The van der Waals surface area contributed by atoms with E-state index in [4.69, 9.17) is 23.0 Å². The third kappa shape index (κ3) is 45.4. The number of carbonyl (C=O) groups is 2. The van der Waals surface area contributed by atoms with Crippen LogP contribution >= 0.6 is 7.82 Å². The van der Waals surface area contributed by atoms with Gasteiger partial charge >= 0.3 is 19.8 Å². The number of unbranched alkanes of at least 4 members (excludes halogenated alkanes) is 21. The summed E-state index contributed by atoms with van der Waals surface area (Å²) in [5, 5.41) is 0. The van der Waals surface area contributed by atoms with Gasteiger partial charge in [-0.05, 0) is 45.4 Å². The minimum atomic E-state index is -3.79. The Hall–Kier alpha value is -1.15. The predicted octanol–water partition coefficient (Wildman–Crippen LogP) is 15.2. The number of phosphoric ester groups is 1. The lowest BCUT2D eigenvalue weighted by Gasteiger charge is -2.21. The van der Waals surface area contributed by atoms with E-state index in [1.807, 2.05) is 20.8 Å². The van der Waals surface area contributed by atoms with Crippen molar-refractivity contribution in [3.8, 4) is 0 Å². The highest BCUT2D eigenvalue weighted by Crippen LogP contribution is 2.48. The summed E-state index contributed by atoms with van der Waals surface area (Å²) in [6, 6.07) is 0. The minimum Gasteiger partial charge on any atom is -0.461 e. The largest absolute Gasteiger partial charge is 0.474 e. The molecule has 0 amide bonds. The van der Waals surface area contributed by atoms with E-state index in [2.05, 4.69) is 26.0 Å². The molecule has 3 unspecified atom stereocenters. The van der Waals surface area contributed by atoms with Gasteiger partial charge in [0.1, 0.15) is 6.61 Å². The number of rotatable bonds is 37. The van der Waals surface area contributed by atoms with Crippen molar-refractivity contribution in [3.63, 3.8) is 0 Å². The monoisotopic (exact) mass is 806 g/mol. The number of ether oxygens (including phenoxy) is 2. The van der Waals surface area contributed by atoms with Gasteiger partial charge < -0.3 is 9.47 Å². The fraction of sp³-hybridized carbons (Fsp3) is 0.911. The van der Waals surface area contributed by atoms with E-state index in [-0.39, 0.29) is 74.8 Å². The van der Waals surface area contributed by atoms with Crippen LogP contribution in [0.15, 0.2) is 12.2 Å². The average Bonchev–Trinajstić information content (AvgIpc) is 3.14. The van der Waals surface area contributed by atoms with Crippen LogP contribution in [0.1, 0.15) is 231 Å². The molecule has 0 saturated carbocycles. The van der Waals surface area contributed by atoms with Crippen LogP contribution in [-0.2, 0) is 37.2 Å². The second-order valence-electron chi connectivity index (χ2n) is 13.6. The van der Waals surface area contributed by atoms with E-state index in [1.165, 1.54) is 116 Å². The van der Waals surface area contributed by atoms with Crippen LogP contribution in [0.3, 0.4) is 0 Å². The molecule has 0 fully saturated rings. The Morgan fingerprint density at radius 2 is 1.02 bits per heavy atom. The molecule has 0 saturated heterocycles. The van der Waals surface area contributed by atoms with E-state index in [0.29, 0.717) is 0 Å². The lowest BCUT2D eigenvalue weighted by atomic mass is 10.0. The van der Waals surface area contributed by atoms with Crippen LogP contribution in [0, 0.1) is 5.92 Å². The minimum absolute atomic E-state index is 0. The number of hydrogen-bond donors (Lipinski definition) is 0. The van der Waals surface area contributed by atoms with Gasteiger partial charge in [-0.2, -0.15) is 0 Å². The van der Waals surface area contributed by atoms with E-state index in [1.54, 1.807) is 6.92 Å². The normalized spacial score (nSPS) is 12.7. The first-order valence-corrected chi connectivity index (χ1v) is 22.7. The zero-order valence-corrected chi connectivity index (χ0v) is 36.0. The maximum Gasteiger partial charge on any atom is 0.474 e. The lowest BCUT2D eigenvalue weighted by Crippen LogP contribution is -2.30. The first-order valence-electron chi connectivity index (χ1n) is 21.3. The average molecular weight is 806 g/mol. The van der Waals surface area contributed by atoms with Crippen LogP contribution in [0.25, 0.3) is 0 Å². The van der Waals surface area contributed by atoms with Crippen molar-refractivity contribution in [2.75, 3.05) is 26.9 Å². The molecule has 0 N–H and O–H groups in total. The predicted molar refractivity (Wildman–Crippen MR) is 240 cm³/mol. The molecule has 0 aromatic heterocycles. The summed E-state index contributed by atoms with van der Waals surface area (Å²) >= 11 is 0. The molecule has 0 aromatic carbocycles. The number of hydrogen-bond acceptors (Lipinski definition) is 8. The Labute approximate surface area is 346 Å². The quantitative estimate of drug-likeness (QED) is 0.0201. The number of esters is 2. The molecule has 0 aliphatic heterocycles. The van der Waals surface area contributed by atoms with E-state index in [0.717, 1.165) is 51.4 Å². The summed E-state index contributed by atoms with van der Waals surface area (Å²) in [4.78, 5) is 25.4. The summed E-state index contributed by atoms with van der Waals surface area (Å²) in [6.45, 7) is 11.8. The summed E-state index contributed by atoms with van der Waals surface area (Å²) in [5.74, 6) is -0.967. The van der Waals surface area contributed by atoms with Crippen molar-refractivity contribution in [2.45, 2.75) is 237 Å². The van der Waals surface area contributed by atoms with Crippen molar-refractivity contribution >= 4 is 28.2 Å². The number of carbonyl (C=O) groups excluding carboxylic acids is 2. The first kappa shape index (κ1) is 65.7. The topological polar surface area (TPSA) is 97.4 Å². The molecule has 8 nitrogen and oxygen atoms in total. The molecule has 3 atom stereocenters. The zero-order valence-electron chi connectivity index (χ0n) is 35.1. The Bertz CT molecular complexity index is 842. The molecule has 0 aromatic rings. The SMILES string of the molecule is C.C.C.CC.CCCCCCCC/C=C\CCCCCCCC(=O)OC(COC(=O)C(C)CCCCCCCCCCCCC)COP(=O)(OC)OCC.[B]. The van der Waals surface area contributed by atoms with Gasteiger partial charge in [0.2, 0.25) is 0 Å². The van der Waals surface area contributed by atoms with Gasteiger partial charge in [-0.3, -0.25) is 23.2 Å². The summed E-state index contributed by atoms with van der Waals surface area (Å²) in [6.07, 6.45) is 34.0. The second-order valence-corrected chi connectivity index (χ2v) is 15.4. The molecule has 0 rings (SSSR count). The van der Waals surface area contributed by atoms with E-state index in [9.17, 15) is 14.2 Å². The summed E-state index contributed by atoms with van der Waals surface area (Å²) in [7, 11) is -2.55. The Balaban J connectivity index is -0.000000982. The second kappa shape index (κ2) is 50.9. The van der Waals surface area contributed by atoms with Crippen molar-refractivity contribution in [1.29, 1.82) is 0 Å². The van der Waals surface area contributed by atoms with Crippen molar-refractivity contribution in [3.05, 3.63) is 12.2 Å². The highest BCUT2D eigenvalue weighted by molar-refractivity contribution is 7.48. The zero-order chi connectivity index (χ0) is 38.3. The Kier molecular flexibility index (Phi) is 60.8. The van der Waals surface area contributed by atoms with Gasteiger partial charge in [0, 0.05) is 21.9 Å². The van der Waals surface area contributed by atoms with E-state index < -0.39 is 13.9 Å². The van der Waals surface area contributed by atoms with E-state index >= 15 is 0 Å². The fourth-order valence-corrected chi connectivity index (χ4v) is 6.68. The van der Waals surface area contributed by atoms with Crippen LogP contribution in [0.4, 0.5) is 0 Å². The van der Waals surface area contributed by atoms with Gasteiger partial charge in [0.25, 0.3) is 0 Å². The van der Waals surface area contributed by atoms with Gasteiger partial charge in [-0.1, -0.05) is 191 Å². The molecule has 0 aliphatic carbocycles. The molecular weight excluding hydrogens is 710 g/mol. The molecule has 0 spiro atoms.